The molecule has 0 fully saturated rings. The van der Waals surface area contributed by atoms with Crippen LogP contribution in [0.3, 0.4) is 0 Å². The summed E-state index contributed by atoms with van der Waals surface area (Å²) in [5, 5.41) is 8.76. The van der Waals surface area contributed by atoms with Gasteiger partial charge >= 0.3 is 0 Å². The van der Waals surface area contributed by atoms with Crippen molar-refractivity contribution < 1.29 is 0 Å². The zero-order chi connectivity index (χ0) is 8.39. The Balaban J connectivity index is 2.43. The van der Waals surface area contributed by atoms with Crippen LogP contribution in [0.1, 0.15) is 5.56 Å². The van der Waals surface area contributed by atoms with Gasteiger partial charge in [-0.3, -0.25) is 0 Å². The Morgan fingerprint density at radius 1 is 1.17 bits per heavy atom. The molecule has 0 amide bonds. The Kier molecular flexibility index (Phi) is 1.87. The van der Waals surface area contributed by atoms with E-state index in [1.54, 1.807) is 16.8 Å². The molecule has 2 rings (SSSR count). The first-order chi connectivity index (χ1) is 5.86. The lowest BCUT2D eigenvalue weighted by Gasteiger charge is -1.94. The second-order valence-corrected chi connectivity index (χ2v) is 3.44. The molecule has 0 unspecified atom stereocenters. The predicted molar refractivity (Wildman–Crippen MR) is 50.1 cm³/mol. The van der Waals surface area contributed by atoms with E-state index in [-0.39, 0.29) is 0 Å². The van der Waals surface area contributed by atoms with E-state index in [2.05, 4.69) is 41.4 Å². The average Bonchev–Trinajstić information content (AvgIpc) is 2.58. The van der Waals surface area contributed by atoms with Crippen LogP contribution in [0.4, 0.5) is 0 Å². The topological polar surface area (TPSA) is 25.8 Å². The Bertz CT molecular complexity index is 351. The molecule has 0 bridgehead atoms. The summed E-state index contributed by atoms with van der Waals surface area (Å²) in [5.41, 5.74) is 4.15. The van der Waals surface area contributed by atoms with Crippen molar-refractivity contribution in [3.63, 3.8) is 0 Å². The number of benzene rings is 1. The van der Waals surface area contributed by atoms with Crippen LogP contribution in [0, 0.1) is 6.92 Å². The summed E-state index contributed by atoms with van der Waals surface area (Å²) in [6, 6.07) is 8.29. The fourth-order valence-electron chi connectivity index (χ4n) is 0.995. The second-order valence-electron chi connectivity index (χ2n) is 2.61. The van der Waals surface area contributed by atoms with Crippen LogP contribution in [0.15, 0.2) is 29.8 Å². The van der Waals surface area contributed by atoms with Crippen LogP contribution in [0.2, 0.25) is 0 Å². The molecule has 1 aromatic heterocycles. The number of aromatic nitrogens is 2. The number of hydrogen-bond acceptors (Lipinski definition) is 3. The zero-order valence-electron chi connectivity index (χ0n) is 6.69. The Morgan fingerprint density at radius 3 is 2.50 bits per heavy atom. The summed E-state index contributed by atoms with van der Waals surface area (Å²) in [7, 11) is 0. The van der Waals surface area contributed by atoms with Gasteiger partial charge in [0.2, 0.25) is 0 Å². The minimum Gasteiger partial charge on any atom is -0.147 e. The highest BCUT2D eigenvalue weighted by atomic mass is 32.1. The lowest BCUT2D eigenvalue weighted by Crippen LogP contribution is -1.76. The molecule has 1 aromatic carbocycles. The average molecular weight is 176 g/mol. The van der Waals surface area contributed by atoms with Crippen molar-refractivity contribution in [2.45, 2.75) is 6.92 Å². The van der Waals surface area contributed by atoms with E-state index in [4.69, 9.17) is 0 Å². The smallest absolute Gasteiger partial charge is 0.147 e. The molecule has 0 aliphatic rings. The van der Waals surface area contributed by atoms with E-state index in [9.17, 15) is 0 Å². The summed E-state index contributed by atoms with van der Waals surface area (Å²) < 4.78 is 0. The minimum absolute atomic E-state index is 0.981. The maximum absolute atomic E-state index is 3.98. The molecule has 3 heteroatoms. The van der Waals surface area contributed by atoms with Crippen LogP contribution in [0.25, 0.3) is 10.6 Å². The molecule has 0 aliphatic heterocycles. The Labute approximate surface area is 74.9 Å². The maximum Gasteiger partial charge on any atom is 0.147 e. The fourth-order valence-corrected chi connectivity index (χ4v) is 1.56. The van der Waals surface area contributed by atoms with Gasteiger partial charge in [0.1, 0.15) is 10.5 Å². The third kappa shape index (κ3) is 1.36. The number of aryl methyl sites for hydroxylation is 1. The number of hydrogen-bond donors (Lipinski definition) is 0. The summed E-state index contributed by atoms with van der Waals surface area (Å²) in [4.78, 5) is 0. The first-order valence-electron chi connectivity index (χ1n) is 3.69. The molecule has 1 heterocycles. The van der Waals surface area contributed by atoms with Gasteiger partial charge in [-0.25, -0.2) is 0 Å². The third-order valence-corrected chi connectivity index (χ3v) is 2.40. The normalized spacial score (nSPS) is 10.1. The maximum atomic E-state index is 3.98. The van der Waals surface area contributed by atoms with Crippen LogP contribution >= 0.6 is 11.3 Å². The summed E-state index contributed by atoms with van der Waals surface area (Å²) >= 11 is 1.56. The van der Waals surface area contributed by atoms with Crippen LogP contribution in [-0.4, -0.2) is 10.2 Å². The molecule has 0 atom stereocenters. The van der Waals surface area contributed by atoms with E-state index < -0.39 is 0 Å². The summed E-state index contributed by atoms with van der Waals surface area (Å²) in [6.45, 7) is 2.07. The minimum atomic E-state index is 0.981. The van der Waals surface area contributed by atoms with Crippen molar-refractivity contribution in [1.82, 2.24) is 10.2 Å². The molecular formula is C9H8N2S. The van der Waals surface area contributed by atoms with E-state index in [0.29, 0.717) is 0 Å². The second kappa shape index (κ2) is 3.03. The molecule has 2 aromatic rings. The molecule has 60 valence electrons. The number of rotatable bonds is 1. The van der Waals surface area contributed by atoms with E-state index in [0.717, 1.165) is 10.6 Å². The van der Waals surface area contributed by atoms with E-state index >= 15 is 0 Å². The van der Waals surface area contributed by atoms with Gasteiger partial charge in [0, 0.05) is 5.56 Å². The predicted octanol–water partition coefficient (Wildman–Crippen LogP) is 2.51. The molecule has 0 saturated carbocycles. The highest BCUT2D eigenvalue weighted by Crippen LogP contribution is 2.20. The number of nitrogens with zero attached hydrogens (tertiary/aromatic N) is 2. The molecule has 0 radical (unpaired) electrons. The van der Waals surface area contributed by atoms with E-state index in [1.165, 1.54) is 5.56 Å². The first kappa shape index (κ1) is 7.43. The zero-order valence-corrected chi connectivity index (χ0v) is 7.51. The van der Waals surface area contributed by atoms with Gasteiger partial charge in [-0.2, -0.15) is 0 Å². The van der Waals surface area contributed by atoms with Crippen molar-refractivity contribution in [3.05, 3.63) is 35.3 Å². The first-order valence-corrected chi connectivity index (χ1v) is 4.57. The van der Waals surface area contributed by atoms with Crippen molar-refractivity contribution in [2.24, 2.45) is 0 Å². The molecule has 2 nitrogen and oxygen atoms in total. The van der Waals surface area contributed by atoms with E-state index in [1.807, 2.05) is 0 Å². The van der Waals surface area contributed by atoms with Gasteiger partial charge in [-0.15, -0.1) is 10.2 Å². The molecule has 0 aliphatic carbocycles. The van der Waals surface area contributed by atoms with Crippen molar-refractivity contribution >= 4 is 11.3 Å². The van der Waals surface area contributed by atoms with Crippen molar-refractivity contribution in [2.75, 3.05) is 0 Å². The Hall–Kier alpha value is -1.22. The summed E-state index contributed by atoms with van der Waals surface area (Å²) in [6.07, 6.45) is 0. The molecule has 0 saturated heterocycles. The highest BCUT2D eigenvalue weighted by molar-refractivity contribution is 7.12. The fraction of sp³-hybridized carbons (Fsp3) is 0.111. The van der Waals surface area contributed by atoms with Gasteiger partial charge in [0.15, 0.2) is 0 Å². The van der Waals surface area contributed by atoms with Gasteiger partial charge in [-0.05, 0) is 6.92 Å². The molecule has 0 spiro atoms. The van der Waals surface area contributed by atoms with Crippen LogP contribution in [0.5, 0.6) is 0 Å². The third-order valence-electron chi connectivity index (χ3n) is 1.66. The molecular weight excluding hydrogens is 168 g/mol. The lowest BCUT2D eigenvalue weighted by molar-refractivity contribution is 1.09. The van der Waals surface area contributed by atoms with Crippen molar-refractivity contribution in [3.8, 4) is 10.6 Å². The van der Waals surface area contributed by atoms with Crippen LogP contribution < -0.4 is 0 Å². The summed E-state index contributed by atoms with van der Waals surface area (Å²) in [5.74, 6) is 0. The van der Waals surface area contributed by atoms with Gasteiger partial charge < -0.3 is 0 Å². The van der Waals surface area contributed by atoms with Gasteiger partial charge in [-0.1, -0.05) is 41.2 Å². The standard InChI is InChI=1S/C9H8N2S/c1-7-2-4-8(5-3-7)9-11-10-6-12-9/h2-6H,1H3. The monoisotopic (exact) mass is 176 g/mol. The van der Waals surface area contributed by atoms with Gasteiger partial charge in [0.05, 0.1) is 0 Å². The lowest BCUT2D eigenvalue weighted by atomic mass is 10.2. The molecule has 0 N–H and O–H groups in total. The van der Waals surface area contributed by atoms with Gasteiger partial charge in [0.25, 0.3) is 0 Å². The highest BCUT2D eigenvalue weighted by Gasteiger charge is 1.98. The SMILES string of the molecule is Cc1ccc(-c2nncs2)cc1. The quantitative estimate of drug-likeness (QED) is 0.667. The Morgan fingerprint density at radius 2 is 1.92 bits per heavy atom. The molecule has 12 heavy (non-hydrogen) atoms. The van der Waals surface area contributed by atoms with Crippen LogP contribution in [-0.2, 0) is 0 Å². The van der Waals surface area contributed by atoms with Crippen molar-refractivity contribution in [1.29, 1.82) is 0 Å². The largest absolute Gasteiger partial charge is 0.147 e.